The fourth-order valence-electron chi connectivity index (χ4n) is 0. The lowest BCUT2D eigenvalue weighted by molar-refractivity contribution is 1.07. The fraction of sp³-hybridized carbons (Fsp3) is 1.00. The first-order valence-corrected chi connectivity index (χ1v) is 3.16. The molecule has 0 spiro atoms. The Hall–Kier alpha value is 0.795. The zero-order chi connectivity index (χ0) is 4.28. The highest BCUT2D eigenvalue weighted by molar-refractivity contribution is 14.1. The van der Waals surface area contributed by atoms with Crippen LogP contribution in [0.2, 0.25) is 0 Å². The predicted molar refractivity (Wildman–Crippen MR) is 36.6 cm³/mol. The molecule has 2 heteroatoms. The van der Waals surface area contributed by atoms with E-state index >= 15 is 0 Å². The zero-order valence-corrected chi connectivity index (χ0v) is 5.82. The van der Waals surface area contributed by atoms with E-state index in [0.29, 0.717) is 0 Å². The van der Waals surface area contributed by atoms with Crippen molar-refractivity contribution in [1.82, 2.24) is 0 Å². The van der Waals surface area contributed by atoms with Gasteiger partial charge in [0, 0.05) is 0 Å². The highest BCUT2D eigenvalue weighted by Crippen LogP contribution is 1.96. The highest BCUT2D eigenvalue weighted by Gasteiger charge is 1.83. The van der Waals surface area contributed by atoms with Gasteiger partial charge in [0.1, 0.15) is 7.85 Å². The van der Waals surface area contributed by atoms with E-state index in [1.54, 1.807) is 0 Å². The van der Waals surface area contributed by atoms with Gasteiger partial charge in [-0.15, -0.1) is 0 Å². The Morgan fingerprint density at radius 1 is 2.00 bits per heavy atom. The van der Waals surface area contributed by atoms with Gasteiger partial charge in [-0.25, -0.2) is 0 Å². The van der Waals surface area contributed by atoms with E-state index in [1.165, 1.54) is 6.42 Å². The Bertz CT molecular complexity index is 20.9. The zero-order valence-electron chi connectivity index (χ0n) is 3.66. The van der Waals surface area contributed by atoms with Crippen LogP contribution in [0.1, 0.15) is 13.3 Å². The number of halogens is 1. The van der Waals surface area contributed by atoms with E-state index in [-0.39, 0.29) is 0 Å². The summed E-state index contributed by atoms with van der Waals surface area (Å²) in [4.78, 5) is 0. The lowest BCUT2D eigenvalue weighted by Crippen LogP contribution is -1.88. The molecule has 0 aliphatic rings. The molecule has 30 valence electrons. The first kappa shape index (κ1) is 5.79. The summed E-state index contributed by atoms with van der Waals surface area (Å²) in [6.45, 7) is 2.19. The van der Waals surface area contributed by atoms with Gasteiger partial charge in [0.25, 0.3) is 0 Å². The van der Waals surface area contributed by atoms with E-state index in [4.69, 9.17) is 0 Å². The second-order valence-electron chi connectivity index (χ2n) is 1.19. The molecule has 0 aliphatic heterocycles. The minimum Gasteiger partial charge on any atom is -0.0924 e. The maximum absolute atomic E-state index is 2.41. The molecule has 0 N–H and O–H groups in total. The third-order valence-corrected chi connectivity index (χ3v) is 1.44. The summed E-state index contributed by atoms with van der Waals surface area (Å²) in [7, 11) is 2.21. The lowest BCUT2D eigenvalue weighted by Gasteiger charge is -1.87. The third kappa shape index (κ3) is 4.79. The van der Waals surface area contributed by atoms with Crippen molar-refractivity contribution < 1.29 is 0 Å². The average molecular weight is 182 g/mol. The van der Waals surface area contributed by atoms with Crippen molar-refractivity contribution in [3.63, 3.8) is 0 Å². The SMILES string of the molecule is B[C@@H](I)CC. The summed E-state index contributed by atoms with van der Waals surface area (Å²) in [6, 6.07) is 0. The Labute approximate surface area is 47.9 Å². The second-order valence-corrected chi connectivity index (χ2v) is 3.32. The fourth-order valence-corrected chi connectivity index (χ4v) is 0. The molecular formula is C3H8BI. The van der Waals surface area contributed by atoms with Gasteiger partial charge in [-0.1, -0.05) is 35.9 Å². The smallest absolute Gasteiger partial charge is 0.0924 e. The van der Waals surface area contributed by atoms with Crippen LogP contribution in [0.4, 0.5) is 0 Å². The van der Waals surface area contributed by atoms with Gasteiger partial charge < -0.3 is 0 Å². The van der Waals surface area contributed by atoms with Crippen LogP contribution in [0, 0.1) is 0 Å². The Balaban J connectivity index is 2.54. The maximum Gasteiger partial charge on any atom is 0.118 e. The van der Waals surface area contributed by atoms with Crippen LogP contribution in [-0.2, 0) is 0 Å². The van der Waals surface area contributed by atoms with Gasteiger partial charge in [0.15, 0.2) is 0 Å². The molecule has 0 heterocycles. The van der Waals surface area contributed by atoms with Gasteiger partial charge in [-0.2, -0.15) is 0 Å². The van der Waals surface area contributed by atoms with Crippen LogP contribution >= 0.6 is 22.6 Å². The minimum atomic E-state index is 0.854. The average Bonchev–Trinajstić information content (AvgIpc) is 1.38. The Morgan fingerprint density at radius 3 is 2.20 bits per heavy atom. The molecule has 0 rings (SSSR count). The summed E-state index contributed by atoms with van der Waals surface area (Å²) in [6.07, 6.45) is 1.29. The van der Waals surface area contributed by atoms with Crippen molar-refractivity contribution in [1.29, 1.82) is 0 Å². The largest absolute Gasteiger partial charge is 0.118 e. The number of hydrogen-bond acceptors (Lipinski definition) is 0. The van der Waals surface area contributed by atoms with Crippen LogP contribution in [-0.4, -0.2) is 11.7 Å². The topological polar surface area (TPSA) is 0 Å². The molecule has 0 aliphatic carbocycles. The molecule has 0 aromatic rings. The molecule has 0 saturated heterocycles. The molecule has 0 aromatic heterocycles. The van der Waals surface area contributed by atoms with Gasteiger partial charge >= 0.3 is 0 Å². The monoisotopic (exact) mass is 182 g/mol. The molecule has 0 fully saturated rings. The molecule has 5 heavy (non-hydrogen) atoms. The highest BCUT2D eigenvalue weighted by atomic mass is 127. The summed E-state index contributed by atoms with van der Waals surface area (Å²) < 4.78 is 0.854. The number of hydrogen-bond donors (Lipinski definition) is 0. The molecule has 0 nitrogen and oxygen atoms in total. The van der Waals surface area contributed by atoms with Crippen LogP contribution in [0.15, 0.2) is 0 Å². The molecule has 0 bridgehead atoms. The van der Waals surface area contributed by atoms with Crippen LogP contribution in [0.25, 0.3) is 0 Å². The summed E-state index contributed by atoms with van der Waals surface area (Å²) in [5.74, 6) is 0. The van der Waals surface area contributed by atoms with Gasteiger partial charge in [-0.3, -0.25) is 0 Å². The van der Waals surface area contributed by atoms with Gasteiger partial charge in [-0.05, 0) is 3.82 Å². The van der Waals surface area contributed by atoms with E-state index in [1.807, 2.05) is 0 Å². The number of rotatable bonds is 1. The summed E-state index contributed by atoms with van der Waals surface area (Å²) >= 11 is 2.41. The normalized spacial score (nSPS) is 14.8. The van der Waals surface area contributed by atoms with Gasteiger partial charge in [0.2, 0.25) is 0 Å². The van der Waals surface area contributed by atoms with Crippen LogP contribution in [0.5, 0.6) is 0 Å². The molecule has 0 saturated carbocycles. The standard InChI is InChI=1S/C3H8BI/c1-2-3(4)5/h3H,2,4H2,1H3/t3-/m0/s1. The van der Waals surface area contributed by atoms with E-state index in [9.17, 15) is 0 Å². The molecule has 0 unspecified atom stereocenters. The van der Waals surface area contributed by atoms with Crippen molar-refractivity contribution in [2.45, 2.75) is 17.2 Å². The summed E-state index contributed by atoms with van der Waals surface area (Å²) in [5, 5.41) is 0. The van der Waals surface area contributed by atoms with E-state index in [0.717, 1.165) is 3.82 Å². The third-order valence-electron chi connectivity index (χ3n) is 0.563. The van der Waals surface area contributed by atoms with Crippen molar-refractivity contribution in [3.8, 4) is 0 Å². The van der Waals surface area contributed by atoms with Crippen molar-refractivity contribution in [2.24, 2.45) is 0 Å². The molecule has 0 aromatic carbocycles. The van der Waals surface area contributed by atoms with Crippen molar-refractivity contribution >= 4 is 30.4 Å². The van der Waals surface area contributed by atoms with E-state index < -0.39 is 0 Å². The predicted octanol–water partition coefficient (Wildman–Crippen LogP) is 0.791. The molecular weight excluding hydrogens is 174 g/mol. The van der Waals surface area contributed by atoms with Crippen molar-refractivity contribution in [3.05, 3.63) is 0 Å². The lowest BCUT2D eigenvalue weighted by atomic mass is 10.0. The summed E-state index contributed by atoms with van der Waals surface area (Å²) in [5.41, 5.74) is 0. The maximum atomic E-state index is 2.41. The first-order chi connectivity index (χ1) is 2.27. The van der Waals surface area contributed by atoms with Crippen LogP contribution < -0.4 is 0 Å². The van der Waals surface area contributed by atoms with Gasteiger partial charge in [0.05, 0.1) is 0 Å². The quantitative estimate of drug-likeness (QED) is 0.319. The van der Waals surface area contributed by atoms with Crippen molar-refractivity contribution in [2.75, 3.05) is 0 Å². The second kappa shape index (κ2) is 3.00. The molecule has 0 radical (unpaired) electrons. The van der Waals surface area contributed by atoms with E-state index in [2.05, 4.69) is 37.4 Å². The Kier molecular flexibility index (Phi) is 3.48. The minimum absolute atomic E-state index is 0.854. The van der Waals surface area contributed by atoms with Crippen LogP contribution in [0.3, 0.4) is 0 Å². The molecule has 0 amide bonds. The first-order valence-electron chi connectivity index (χ1n) is 1.91. The molecule has 1 atom stereocenters. The Morgan fingerprint density at radius 2 is 2.20 bits per heavy atom. The number of alkyl halides is 1.